The highest BCUT2D eigenvalue weighted by Crippen LogP contribution is 2.02. The number of hydrogen-bond acceptors (Lipinski definition) is 3. The Morgan fingerprint density at radius 1 is 1.71 bits per heavy atom. The molecule has 0 bridgehead atoms. The van der Waals surface area contributed by atoms with Crippen LogP contribution >= 0.6 is 0 Å². The zero-order valence-corrected chi connectivity index (χ0v) is 8.19. The molecule has 14 heavy (non-hydrogen) atoms. The van der Waals surface area contributed by atoms with Gasteiger partial charge in [0.1, 0.15) is 0 Å². The van der Waals surface area contributed by atoms with Gasteiger partial charge >= 0.3 is 0 Å². The Morgan fingerprint density at radius 2 is 2.50 bits per heavy atom. The van der Waals surface area contributed by atoms with Crippen molar-refractivity contribution < 1.29 is 14.3 Å². The minimum Gasteiger partial charge on any atom is -0.459 e. The summed E-state index contributed by atoms with van der Waals surface area (Å²) < 4.78 is 4.94. The first-order valence-electron chi connectivity index (χ1n) is 4.69. The van der Waals surface area contributed by atoms with Gasteiger partial charge in [0.05, 0.1) is 6.26 Å². The van der Waals surface area contributed by atoms with E-state index >= 15 is 0 Å². The Morgan fingerprint density at radius 3 is 3.07 bits per heavy atom. The van der Waals surface area contributed by atoms with E-state index in [0.29, 0.717) is 12.2 Å². The first-order chi connectivity index (χ1) is 6.74. The molecular weight excluding hydrogens is 182 g/mol. The Labute approximate surface area is 82.9 Å². The van der Waals surface area contributed by atoms with Crippen LogP contribution in [-0.2, 0) is 0 Å². The first-order valence-corrected chi connectivity index (χ1v) is 4.69. The molecule has 0 saturated heterocycles. The van der Waals surface area contributed by atoms with E-state index in [0.717, 1.165) is 6.42 Å². The predicted molar refractivity (Wildman–Crippen MR) is 52.0 cm³/mol. The number of aliphatic hydroxyl groups excluding tert-OH is 1. The Hall–Kier alpha value is -1.29. The van der Waals surface area contributed by atoms with Crippen LogP contribution in [0.25, 0.3) is 0 Å². The van der Waals surface area contributed by atoms with E-state index < -0.39 is 0 Å². The van der Waals surface area contributed by atoms with Crippen LogP contribution in [0, 0.1) is 0 Å². The second-order valence-electron chi connectivity index (χ2n) is 3.22. The molecule has 1 heterocycles. The van der Waals surface area contributed by atoms with Gasteiger partial charge in [0.25, 0.3) is 5.91 Å². The molecule has 0 aliphatic heterocycles. The average molecular weight is 197 g/mol. The van der Waals surface area contributed by atoms with Crippen LogP contribution < -0.4 is 5.32 Å². The largest absolute Gasteiger partial charge is 0.459 e. The number of carbonyl (C=O) groups excluding carboxylic acids is 1. The molecule has 4 nitrogen and oxygen atoms in total. The minimum absolute atomic E-state index is 0.0553. The maximum absolute atomic E-state index is 11.4. The van der Waals surface area contributed by atoms with E-state index in [1.807, 2.05) is 6.92 Å². The lowest BCUT2D eigenvalue weighted by Crippen LogP contribution is -2.32. The summed E-state index contributed by atoms with van der Waals surface area (Å²) >= 11 is 0. The number of furan rings is 1. The van der Waals surface area contributed by atoms with Gasteiger partial charge in [-0.15, -0.1) is 0 Å². The van der Waals surface area contributed by atoms with Crippen LogP contribution in [0.3, 0.4) is 0 Å². The van der Waals surface area contributed by atoms with Crippen molar-refractivity contribution >= 4 is 5.91 Å². The van der Waals surface area contributed by atoms with Gasteiger partial charge in [-0.05, 0) is 31.9 Å². The highest BCUT2D eigenvalue weighted by molar-refractivity contribution is 5.91. The molecule has 1 rings (SSSR count). The van der Waals surface area contributed by atoms with Gasteiger partial charge in [0.15, 0.2) is 5.76 Å². The molecule has 4 heteroatoms. The molecule has 0 aliphatic rings. The van der Waals surface area contributed by atoms with Crippen molar-refractivity contribution in [3.8, 4) is 0 Å². The summed E-state index contributed by atoms with van der Waals surface area (Å²) in [6, 6.07) is 3.35. The number of hydrogen-bond donors (Lipinski definition) is 2. The fourth-order valence-corrected chi connectivity index (χ4v) is 1.17. The lowest BCUT2D eigenvalue weighted by Gasteiger charge is -2.11. The summed E-state index contributed by atoms with van der Waals surface area (Å²) in [6.45, 7) is 2.05. The van der Waals surface area contributed by atoms with Crippen molar-refractivity contribution in [1.29, 1.82) is 0 Å². The summed E-state index contributed by atoms with van der Waals surface area (Å²) in [7, 11) is 0. The second-order valence-corrected chi connectivity index (χ2v) is 3.22. The van der Waals surface area contributed by atoms with Crippen LogP contribution in [0.1, 0.15) is 30.3 Å². The highest BCUT2D eigenvalue weighted by atomic mass is 16.3. The van der Waals surface area contributed by atoms with Gasteiger partial charge in [-0.3, -0.25) is 4.79 Å². The molecule has 2 N–H and O–H groups in total. The van der Waals surface area contributed by atoms with Gasteiger partial charge in [0.2, 0.25) is 0 Å². The van der Waals surface area contributed by atoms with Gasteiger partial charge in [0, 0.05) is 12.6 Å². The van der Waals surface area contributed by atoms with Crippen LogP contribution in [0.2, 0.25) is 0 Å². The number of nitrogens with one attached hydrogen (secondary N) is 1. The number of rotatable bonds is 5. The third-order valence-corrected chi connectivity index (χ3v) is 1.92. The molecule has 0 aromatic carbocycles. The standard InChI is InChI=1S/C10H15NO3/c1-8(4-2-6-12)11-10(13)9-5-3-7-14-9/h3,5,7-8,12H,2,4,6H2,1H3,(H,11,13). The van der Waals surface area contributed by atoms with Crippen LogP contribution in [-0.4, -0.2) is 23.7 Å². The van der Waals surface area contributed by atoms with Gasteiger partial charge < -0.3 is 14.8 Å². The predicted octanol–water partition coefficient (Wildman–Crippen LogP) is 1.17. The van der Waals surface area contributed by atoms with E-state index in [9.17, 15) is 4.79 Å². The third kappa shape index (κ3) is 3.22. The zero-order valence-electron chi connectivity index (χ0n) is 8.19. The van der Waals surface area contributed by atoms with Crippen molar-refractivity contribution in [2.75, 3.05) is 6.61 Å². The molecular formula is C10H15NO3. The quantitative estimate of drug-likeness (QED) is 0.744. The molecule has 1 atom stereocenters. The summed E-state index contributed by atoms with van der Waals surface area (Å²) in [6.07, 6.45) is 2.93. The van der Waals surface area contributed by atoms with Crippen molar-refractivity contribution in [2.45, 2.75) is 25.8 Å². The smallest absolute Gasteiger partial charge is 0.287 e. The third-order valence-electron chi connectivity index (χ3n) is 1.92. The van der Waals surface area contributed by atoms with Crippen LogP contribution in [0.4, 0.5) is 0 Å². The average Bonchev–Trinajstić information content (AvgIpc) is 2.67. The summed E-state index contributed by atoms with van der Waals surface area (Å²) in [5.74, 6) is 0.112. The van der Waals surface area contributed by atoms with Gasteiger partial charge in [-0.1, -0.05) is 0 Å². The topological polar surface area (TPSA) is 62.5 Å². The highest BCUT2D eigenvalue weighted by Gasteiger charge is 2.10. The fraction of sp³-hybridized carbons (Fsp3) is 0.500. The van der Waals surface area contributed by atoms with E-state index in [-0.39, 0.29) is 18.6 Å². The molecule has 0 saturated carbocycles. The maximum Gasteiger partial charge on any atom is 0.287 e. The SMILES string of the molecule is CC(CCCO)NC(=O)c1ccco1. The van der Waals surface area contributed by atoms with Crippen molar-refractivity contribution in [3.63, 3.8) is 0 Å². The number of aliphatic hydroxyl groups is 1. The monoisotopic (exact) mass is 197 g/mol. The second kappa shape index (κ2) is 5.44. The molecule has 78 valence electrons. The Balaban J connectivity index is 2.34. The fourth-order valence-electron chi connectivity index (χ4n) is 1.17. The summed E-state index contributed by atoms with van der Waals surface area (Å²) in [5, 5.41) is 11.4. The molecule has 1 unspecified atom stereocenters. The molecule has 1 aromatic rings. The Bertz CT molecular complexity index is 269. The van der Waals surface area contributed by atoms with Crippen LogP contribution in [0.15, 0.2) is 22.8 Å². The lowest BCUT2D eigenvalue weighted by atomic mass is 10.2. The van der Waals surface area contributed by atoms with E-state index in [1.165, 1.54) is 6.26 Å². The van der Waals surface area contributed by atoms with E-state index in [4.69, 9.17) is 9.52 Å². The maximum atomic E-state index is 11.4. The minimum atomic E-state index is -0.208. The molecule has 0 spiro atoms. The van der Waals surface area contributed by atoms with Gasteiger partial charge in [-0.2, -0.15) is 0 Å². The van der Waals surface area contributed by atoms with Crippen molar-refractivity contribution in [3.05, 3.63) is 24.2 Å². The normalized spacial score (nSPS) is 12.4. The van der Waals surface area contributed by atoms with Crippen molar-refractivity contribution in [1.82, 2.24) is 5.32 Å². The molecule has 0 fully saturated rings. The molecule has 1 amide bonds. The lowest BCUT2D eigenvalue weighted by molar-refractivity contribution is 0.0908. The molecule has 0 aliphatic carbocycles. The summed E-state index contributed by atoms with van der Waals surface area (Å²) in [4.78, 5) is 11.4. The van der Waals surface area contributed by atoms with Crippen LogP contribution in [0.5, 0.6) is 0 Å². The first kappa shape index (κ1) is 10.8. The zero-order chi connectivity index (χ0) is 10.4. The molecule has 1 aromatic heterocycles. The number of amides is 1. The number of carbonyl (C=O) groups is 1. The molecule has 0 radical (unpaired) electrons. The Kier molecular flexibility index (Phi) is 4.19. The van der Waals surface area contributed by atoms with E-state index in [2.05, 4.69) is 5.32 Å². The van der Waals surface area contributed by atoms with Crippen molar-refractivity contribution in [2.24, 2.45) is 0 Å². The van der Waals surface area contributed by atoms with E-state index in [1.54, 1.807) is 12.1 Å². The van der Waals surface area contributed by atoms with Gasteiger partial charge in [-0.25, -0.2) is 0 Å². The summed E-state index contributed by atoms with van der Waals surface area (Å²) in [5.41, 5.74) is 0.